The van der Waals surface area contributed by atoms with Crippen molar-refractivity contribution in [2.45, 2.75) is 10.4 Å². The van der Waals surface area contributed by atoms with Crippen LogP contribution in [0, 0.1) is 0 Å². The van der Waals surface area contributed by atoms with Gasteiger partial charge >= 0.3 is 5.51 Å². The molecule has 0 radical (unpaired) electrons. The number of hydrogen-bond donors (Lipinski definition) is 0. The number of rotatable bonds is 1. The smallest absolute Gasteiger partial charge is 0.265 e. The van der Waals surface area contributed by atoms with E-state index >= 15 is 0 Å². The Morgan fingerprint density at radius 3 is 2.17 bits per heavy atom. The van der Waals surface area contributed by atoms with E-state index in [0.29, 0.717) is 0 Å². The normalized spacial score (nSPS) is 14.2. The summed E-state index contributed by atoms with van der Waals surface area (Å²) in [6, 6.07) is 2.15. The predicted octanol–water partition coefficient (Wildman–Crippen LogP) is 1.71. The van der Waals surface area contributed by atoms with Gasteiger partial charge in [-0.15, -0.1) is 0 Å². The third kappa shape index (κ3) is 2.04. The molecule has 0 saturated carbocycles. The summed E-state index contributed by atoms with van der Waals surface area (Å²) in [7, 11) is -2.94. The van der Waals surface area contributed by atoms with E-state index in [1.807, 2.05) is 0 Å². The van der Waals surface area contributed by atoms with Gasteiger partial charge < -0.3 is 0 Å². The van der Waals surface area contributed by atoms with E-state index in [0.717, 1.165) is 12.1 Å². The lowest BCUT2D eigenvalue weighted by molar-refractivity contribution is -0.0384. The Hall–Kier alpha value is -0.910. The van der Waals surface area contributed by atoms with Gasteiger partial charge in [0.1, 0.15) is 0 Å². The molecule has 0 aliphatic carbocycles. The van der Waals surface area contributed by atoms with E-state index < -0.39 is 16.3 Å². The Labute approximate surface area is 68.9 Å². The van der Waals surface area contributed by atoms with Gasteiger partial charge in [-0.05, 0) is 12.1 Å². The first-order chi connectivity index (χ1) is 5.52. The molecule has 0 aliphatic heterocycles. The van der Waals surface area contributed by atoms with Crippen molar-refractivity contribution in [1.29, 1.82) is 0 Å². The minimum absolute atomic E-state index is 0.280. The lowest BCUT2D eigenvalue weighted by Crippen LogP contribution is -2.16. The first-order valence-corrected chi connectivity index (χ1v) is 4.05. The summed E-state index contributed by atoms with van der Waals surface area (Å²) < 4.78 is 46.1. The van der Waals surface area contributed by atoms with E-state index in [1.54, 1.807) is 0 Å². The van der Waals surface area contributed by atoms with Gasteiger partial charge in [-0.3, -0.25) is 4.98 Å². The molecule has 0 saturated heterocycles. The molecule has 1 rings (SSSR count). The van der Waals surface area contributed by atoms with Crippen molar-refractivity contribution in [1.82, 2.24) is 4.98 Å². The summed E-state index contributed by atoms with van der Waals surface area (Å²) in [5.41, 5.74) is -4.69. The zero-order valence-electron chi connectivity index (χ0n) is 5.71. The zero-order valence-corrected chi connectivity index (χ0v) is 6.52. The maximum absolute atomic E-state index is 11.8. The quantitative estimate of drug-likeness (QED) is 0.682. The SMILES string of the molecule is O=S(c1ccncc1)C(F)(F)F. The van der Waals surface area contributed by atoms with Gasteiger partial charge in [0.05, 0.1) is 4.90 Å². The van der Waals surface area contributed by atoms with Gasteiger partial charge in [0.2, 0.25) is 0 Å². The van der Waals surface area contributed by atoms with Crippen LogP contribution in [0.1, 0.15) is 0 Å². The molecule has 0 aliphatic rings. The fraction of sp³-hybridized carbons (Fsp3) is 0.167. The molecule has 0 bridgehead atoms. The Kier molecular flexibility index (Phi) is 2.46. The second kappa shape index (κ2) is 3.22. The summed E-state index contributed by atoms with van der Waals surface area (Å²) in [5.74, 6) is 0. The topological polar surface area (TPSA) is 30.0 Å². The highest BCUT2D eigenvalue weighted by atomic mass is 32.2. The lowest BCUT2D eigenvalue weighted by Gasteiger charge is -2.04. The van der Waals surface area contributed by atoms with Gasteiger partial charge in [0.25, 0.3) is 0 Å². The Morgan fingerprint density at radius 2 is 1.75 bits per heavy atom. The maximum atomic E-state index is 11.8. The van der Waals surface area contributed by atoms with Crippen molar-refractivity contribution in [2.24, 2.45) is 0 Å². The number of nitrogens with zero attached hydrogens (tertiary/aromatic N) is 1. The van der Waals surface area contributed by atoms with E-state index in [9.17, 15) is 17.4 Å². The molecule has 2 nitrogen and oxygen atoms in total. The van der Waals surface area contributed by atoms with Crippen LogP contribution in [0.5, 0.6) is 0 Å². The van der Waals surface area contributed by atoms with Crippen LogP contribution in [0.3, 0.4) is 0 Å². The average Bonchev–Trinajstić information content (AvgIpc) is 2.03. The van der Waals surface area contributed by atoms with Gasteiger partial charge in [0, 0.05) is 12.4 Å². The van der Waals surface area contributed by atoms with E-state index in [2.05, 4.69) is 4.98 Å². The summed E-state index contributed by atoms with van der Waals surface area (Å²) in [6.07, 6.45) is 2.33. The highest BCUT2D eigenvalue weighted by Gasteiger charge is 2.37. The molecule has 12 heavy (non-hydrogen) atoms. The first-order valence-electron chi connectivity index (χ1n) is 2.90. The van der Waals surface area contributed by atoms with Crippen molar-refractivity contribution in [2.75, 3.05) is 0 Å². The van der Waals surface area contributed by atoms with Crippen LogP contribution in [0.25, 0.3) is 0 Å². The van der Waals surface area contributed by atoms with E-state index in [-0.39, 0.29) is 4.90 Å². The second-order valence-corrected chi connectivity index (χ2v) is 3.37. The van der Waals surface area contributed by atoms with Gasteiger partial charge in [-0.1, -0.05) is 0 Å². The van der Waals surface area contributed by atoms with Crippen LogP contribution < -0.4 is 0 Å². The van der Waals surface area contributed by atoms with Gasteiger partial charge in [-0.2, -0.15) is 13.2 Å². The van der Waals surface area contributed by atoms with Crippen molar-refractivity contribution >= 4 is 10.8 Å². The molecule has 0 amide bonds. The number of pyridine rings is 1. The van der Waals surface area contributed by atoms with Crippen molar-refractivity contribution in [3.05, 3.63) is 24.5 Å². The molecule has 66 valence electrons. The van der Waals surface area contributed by atoms with Crippen LogP contribution in [0.15, 0.2) is 29.4 Å². The molecule has 0 N–H and O–H groups in total. The molecule has 0 spiro atoms. The molecule has 1 aromatic rings. The summed E-state index contributed by atoms with van der Waals surface area (Å²) in [6.45, 7) is 0. The molecule has 0 aromatic carbocycles. The van der Waals surface area contributed by atoms with Crippen molar-refractivity contribution < 1.29 is 17.4 Å². The third-order valence-corrected chi connectivity index (χ3v) is 2.19. The number of halogens is 3. The third-order valence-electron chi connectivity index (χ3n) is 1.07. The van der Waals surface area contributed by atoms with E-state index in [1.165, 1.54) is 12.4 Å². The summed E-state index contributed by atoms with van der Waals surface area (Å²) in [4.78, 5) is 3.23. The second-order valence-electron chi connectivity index (χ2n) is 1.90. The Morgan fingerprint density at radius 1 is 1.25 bits per heavy atom. The largest absolute Gasteiger partial charge is 0.475 e. The van der Waals surface area contributed by atoms with Crippen LogP contribution >= 0.6 is 0 Å². The van der Waals surface area contributed by atoms with Crippen LogP contribution in [0.4, 0.5) is 13.2 Å². The molecule has 1 unspecified atom stereocenters. The van der Waals surface area contributed by atoms with Crippen molar-refractivity contribution in [3.63, 3.8) is 0 Å². The highest BCUT2D eigenvalue weighted by Crippen LogP contribution is 2.25. The molecule has 0 fully saturated rings. The minimum atomic E-state index is -4.69. The summed E-state index contributed by atoms with van der Waals surface area (Å²) >= 11 is 0. The standard InChI is InChI=1S/C6H4F3NOS/c7-6(8,9)12(11)5-1-3-10-4-2-5/h1-4H. The molecule has 1 atom stereocenters. The molecular weight excluding hydrogens is 191 g/mol. The fourth-order valence-corrected chi connectivity index (χ4v) is 1.23. The first kappa shape index (κ1) is 9.18. The minimum Gasteiger partial charge on any atom is -0.265 e. The maximum Gasteiger partial charge on any atom is 0.475 e. The van der Waals surface area contributed by atoms with Crippen molar-refractivity contribution in [3.8, 4) is 0 Å². The predicted molar refractivity (Wildman–Crippen MR) is 36.7 cm³/mol. The van der Waals surface area contributed by atoms with Crippen LogP contribution in [-0.2, 0) is 10.8 Å². The number of hydrogen-bond acceptors (Lipinski definition) is 2. The van der Waals surface area contributed by atoms with Gasteiger partial charge in [0.15, 0.2) is 10.8 Å². The monoisotopic (exact) mass is 195 g/mol. The van der Waals surface area contributed by atoms with E-state index in [4.69, 9.17) is 0 Å². The highest BCUT2D eigenvalue weighted by molar-refractivity contribution is 7.86. The van der Waals surface area contributed by atoms with Crippen LogP contribution in [-0.4, -0.2) is 14.7 Å². The van der Waals surface area contributed by atoms with Crippen LogP contribution in [0.2, 0.25) is 0 Å². The molecule has 1 heterocycles. The molecule has 6 heteroatoms. The molecular formula is C6H4F3NOS. The summed E-state index contributed by atoms with van der Waals surface area (Å²) in [5, 5.41) is 0. The number of alkyl halides is 3. The fourth-order valence-electron chi connectivity index (χ4n) is 0.595. The average molecular weight is 195 g/mol. The zero-order chi connectivity index (χ0) is 9.19. The molecule has 1 aromatic heterocycles. The Bertz CT molecular complexity index is 285. The lowest BCUT2D eigenvalue weighted by atomic mass is 10.5. The Balaban J connectivity index is 2.94. The van der Waals surface area contributed by atoms with Gasteiger partial charge in [-0.25, -0.2) is 4.21 Å². The number of aromatic nitrogens is 1.